The van der Waals surface area contributed by atoms with Gasteiger partial charge < -0.3 is 5.32 Å². The minimum atomic E-state index is 0.653. The highest BCUT2D eigenvalue weighted by atomic mass is 15.0. The van der Waals surface area contributed by atoms with Crippen molar-refractivity contribution in [2.75, 3.05) is 6.54 Å². The van der Waals surface area contributed by atoms with E-state index >= 15 is 0 Å². The lowest BCUT2D eigenvalue weighted by Gasteiger charge is -2.37. The lowest BCUT2D eigenvalue weighted by molar-refractivity contribution is 0.333. The van der Waals surface area contributed by atoms with Crippen molar-refractivity contribution in [1.29, 1.82) is 0 Å². The van der Waals surface area contributed by atoms with Crippen LogP contribution in [0.5, 0.6) is 0 Å². The van der Waals surface area contributed by atoms with Crippen molar-refractivity contribution in [3.05, 3.63) is 34.9 Å². The van der Waals surface area contributed by atoms with E-state index in [1.54, 1.807) is 0 Å². The third-order valence-electron chi connectivity index (χ3n) is 3.10. The van der Waals surface area contributed by atoms with E-state index in [0.717, 1.165) is 12.5 Å². The summed E-state index contributed by atoms with van der Waals surface area (Å²) in [4.78, 5) is 0. The van der Waals surface area contributed by atoms with Gasteiger partial charge >= 0.3 is 0 Å². The van der Waals surface area contributed by atoms with Gasteiger partial charge in [0.05, 0.1) is 0 Å². The molecule has 1 aliphatic heterocycles. The van der Waals surface area contributed by atoms with Gasteiger partial charge in [0, 0.05) is 18.5 Å². The molecule has 0 amide bonds. The second kappa shape index (κ2) is 3.15. The lowest BCUT2D eigenvalue weighted by Crippen LogP contribution is -2.49. The number of hydrogen-bond donors (Lipinski definition) is 1. The normalized spacial score (nSPS) is 27.0. The van der Waals surface area contributed by atoms with Gasteiger partial charge in [-0.3, -0.25) is 0 Å². The Labute approximate surface area is 80.2 Å². The van der Waals surface area contributed by atoms with Crippen LogP contribution in [0.15, 0.2) is 18.2 Å². The second-order valence-electron chi connectivity index (χ2n) is 4.16. The highest BCUT2D eigenvalue weighted by Gasteiger charge is 2.28. The van der Waals surface area contributed by atoms with Crippen LogP contribution in [0, 0.1) is 13.8 Å². The highest BCUT2D eigenvalue weighted by molar-refractivity contribution is 5.35. The predicted octanol–water partition coefficient (Wildman–Crippen LogP) is 2.38. The summed E-state index contributed by atoms with van der Waals surface area (Å²) in [6.45, 7) is 7.78. The molecule has 1 N–H and O–H groups in total. The van der Waals surface area contributed by atoms with Crippen molar-refractivity contribution in [2.24, 2.45) is 0 Å². The first-order valence-electron chi connectivity index (χ1n) is 4.99. The maximum absolute atomic E-state index is 3.40. The van der Waals surface area contributed by atoms with E-state index in [0.29, 0.717) is 6.04 Å². The Hall–Kier alpha value is -0.820. The molecular formula is C12H17N. The Kier molecular flexibility index (Phi) is 2.12. The number of hydrogen-bond acceptors (Lipinski definition) is 1. The monoisotopic (exact) mass is 175 g/mol. The Balaban J connectivity index is 2.33. The van der Waals surface area contributed by atoms with E-state index in [1.807, 2.05) is 0 Å². The van der Waals surface area contributed by atoms with Crippen LogP contribution in [0.2, 0.25) is 0 Å². The van der Waals surface area contributed by atoms with Gasteiger partial charge in [0.1, 0.15) is 0 Å². The van der Waals surface area contributed by atoms with E-state index in [2.05, 4.69) is 44.3 Å². The minimum Gasteiger partial charge on any atom is -0.313 e. The number of rotatable bonds is 1. The second-order valence-corrected chi connectivity index (χ2v) is 4.16. The van der Waals surface area contributed by atoms with Gasteiger partial charge in [0.15, 0.2) is 0 Å². The molecule has 1 aromatic rings. The number of aryl methyl sites for hydroxylation is 2. The first-order chi connectivity index (χ1) is 6.18. The molecule has 0 spiro atoms. The Morgan fingerprint density at radius 2 is 2.08 bits per heavy atom. The molecular weight excluding hydrogens is 158 g/mol. The molecule has 1 saturated heterocycles. The van der Waals surface area contributed by atoms with Crippen LogP contribution in [0.25, 0.3) is 0 Å². The molecule has 2 rings (SSSR count). The summed E-state index contributed by atoms with van der Waals surface area (Å²) >= 11 is 0. The third-order valence-corrected chi connectivity index (χ3v) is 3.10. The molecule has 70 valence electrons. The number of benzene rings is 1. The fourth-order valence-electron chi connectivity index (χ4n) is 2.01. The largest absolute Gasteiger partial charge is 0.313 e. The maximum Gasteiger partial charge on any atom is 0.0120 e. The van der Waals surface area contributed by atoms with Crippen LogP contribution >= 0.6 is 0 Å². The molecule has 1 heterocycles. The SMILES string of the molecule is Cc1ccc(C)c(C2CNC2C)c1. The van der Waals surface area contributed by atoms with Crippen molar-refractivity contribution in [1.82, 2.24) is 5.32 Å². The topological polar surface area (TPSA) is 12.0 Å². The summed E-state index contributed by atoms with van der Waals surface area (Å²) < 4.78 is 0. The van der Waals surface area contributed by atoms with E-state index in [9.17, 15) is 0 Å². The van der Waals surface area contributed by atoms with Crippen LogP contribution in [0.3, 0.4) is 0 Å². The summed E-state index contributed by atoms with van der Waals surface area (Å²) in [5.74, 6) is 0.736. The Morgan fingerprint density at radius 3 is 2.62 bits per heavy atom. The van der Waals surface area contributed by atoms with Crippen molar-refractivity contribution < 1.29 is 0 Å². The van der Waals surface area contributed by atoms with Crippen molar-refractivity contribution in [3.63, 3.8) is 0 Å². The van der Waals surface area contributed by atoms with Crippen LogP contribution < -0.4 is 5.32 Å². The number of nitrogens with one attached hydrogen (secondary N) is 1. The molecule has 0 saturated carbocycles. The van der Waals surface area contributed by atoms with E-state index in [1.165, 1.54) is 16.7 Å². The summed E-state index contributed by atoms with van der Waals surface area (Å²) in [7, 11) is 0. The maximum atomic E-state index is 3.40. The van der Waals surface area contributed by atoms with E-state index in [-0.39, 0.29) is 0 Å². The summed E-state index contributed by atoms with van der Waals surface area (Å²) in [5, 5.41) is 3.40. The average Bonchev–Trinajstić information content (AvgIpc) is 2.09. The molecule has 2 atom stereocenters. The molecule has 0 bridgehead atoms. The molecule has 0 radical (unpaired) electrons. The van der Waals surface area contributed by atoms with Crippen molar-refractivity contribution in [2.45, 2.75) is 32.7 Å². The van der Waals surface area contributed by atoms with E-state index in [4.69, 9.17) is 0 Å². The fourth-order valence-corrected chi connectivity index (χ4v) is 2.01. The van der Waals surface area contributed by atoms with Crippen molar-refractivity contribution >= 4 is 0 Å². The van der Waals surface area contributed by atoms with Gasteiger partial charge in [0.25, 0.3) is 0 Å². The van der Waals surface area contributed by atoms with Gasteiger partial charge in [-0.15, -0.1) is 0 Å². The molecule has 0 aliphatic carbocycles. The third kappa shape index (κ3) is 1.49. The molecule has 0 aromatic heterocycles. The average molecular weight is 175 g/mol. The van der Waals surface area contributed by atoms with Gasteiger partial charge in [-0.2, -0.15) is 0 Å². The first kappa shape index (κ1) is 8.76. The quantitative estimate of drug-likeness (QED) is 0.691. The molecule has 1 aliphatic rings. The summed E-state index contributed by atoms with van der Waals surface area (Å²) in [6.07, 6.45) is 0. The molecule has 1 nitrogen and oxygen atoms in total. The minimum absolute atomic E-state index is 0.653. The Bertz CT molecular complexity index is 317. The highest BCUT2D eigenvalue weighted by Crippen LogP contribution is 2.28. The molecule has 1 fully saturated rings. The van der Waals surface area contributed by atoms with E-state index < -0.39 is 0 Å². The molecule has 1 aromatic carbocycles. The van der Waals surface area contributed by atoms with Gasteiger partial charge in [0.2, 0.25) is 0 Å². The van der Waals surface area contributed by atoms with Crippen LogP contribution in [0.4, 0.5) is 0 Å². The zero-order chi connectivity index (χ0) is 9.42. The fraction of sp³-hybridized carbons (Fsp3) is 0.500. The lowest BCUT2D eigenvalue weighted by atomic mass is 9.83. The van der Waals surface area contributed by atoms with Gasteiger partial charge in [-0.1, -0.05) is 23.8 Å². The van der Waals surface area contributed by atoms with Crippen LogP contribution in [-0.4, -0.2) is 12.6 Å². The van der Waals surface area contributed by atoms with Crippen LogP contribution in [-0.2, 0) is 0 Å². The van der Waals surface area contributed by atoms with Gasteiger partial charge in [-0.05, 0) is 31.9 Å². The van der Waals surface area contributed by atoms with Gasteiger partial charge in [-0.25, -0.2) is 0 Å². The predicted molar refractivity (Wildman–Crippen MR) is 56.1 cm³/mol. The first-order valence-corrected chi connectivity index (χ1v) is 4.99. The molecule has 13 heavy (non-hydrogen) atoms. The standard InChI is InChI=1S/C12H17N/c1-8-4-5-9(2)11(6-8)12-7-13-10(12)3/h4-6,10,12-13H,7H2,1-3H3. The zero-order valence-electron chi connectivity index (χ0n) is 8.59. The van der Waals surface area contributed by atoms with Crippen molar-refractivity contribution in [3.8, 4) is 0 Å². The summed E-state index contributed by atoms with van der Waals surface area (Å²) in [6, 6.07) is 7.41. The molecule has 2 unspecified atom stereocenters. The smallest absolute Gasteiger partial charge is 0.0120 e. The molecule has 1 heteroatoms. The zero-order valence-corrected chi connectivity index (χ0v) is 8.59. The summed E-state index contributed by atoms with van der Waals surface area (Å²) in [5.41, 5.74) is 4.34. The van der Waals surface area contributed by atoms with Crippen LogP contribution in [0.1, 0.15) is 29.5 Å². The Morgan fingerprint density at radius 1 is 1.31 bits per heavy atom.